The van der Waals surface area contributed by atoms with Gasteiger partial charge in [-0.2, -0.15) is 4.68 Å². The lowest BCUT2D eigenvalue weighted by Crippen LogP contribution is -2.50. The minimum atomic E-state index is -0.710. The zero-order valence-electron chi connectivity index (χ0n) is 18.0. The lowest BCUT2D eigenvalue weighted by atomic mass is 9.71. The Morgan fingerprint density at radius 3 is 2.34 bits per heavy atom. The highest BCUT2D eigenvalue weighted by Crippen LogP contribution is 2.42. The molecule has 0 amide bonds. The molecule has 11 heteroatoms. The van der Waals surface area contributed by atoms with Crippen LogP contribution in [-0.4, -0.2) is 72.9 Å². The molecule has 32 heavy (non-hydrogen) atoms. The molecule has 1 N–H and O–H groups in total. The van der Waals surface area contributed by atoms with Gasteiger partial charge in [0.25, 0.3) is 0 Å². The van der Waals surface area contributed by atoms with Gasteiger partial charge in [0.05, 0.1) is 23.8 Å². The van der Waals surface area contributed by atoms with Gasteiger partial charge in [0.1, 0.15) is 12.4 Å². The van der Waals surface area contributed by atoms with E-state index in [1.807, 2.05) is 0 Å². The fourth-order valence-corrected chi connectivity index (χ4v) is 5.01. The Morgan fingerprint density at radius 2 is 1.75 bits per heavy atom. The van der Waals surface area contributed by atoms with Crippen molar-refractivity contribution in [1.29, 1.82) is 0 Å². The first-order chi connectivity index (χ1) is 15.5. The maximum atomic E-state index is 11.9. The van der Waals surface area contributed by atoms with Crippen LogP contribution in [0.15, 0.2) is 28.3 Å². The van der Waals surface area contributed by atoms with Crippen LogP contribution in [0.5, 0.6) is 0 Å². The van der Waals surface area contributed by atoms with E-state index in [2.05, 4.69) is 35.3 Å². The molecule has 5 rings (SSSR count). The van der Waals surface area contributed by atoms with E-state index in [0.717, 1.165) is 51.9 Å². The normalized spacial score (nSPS) is 20.1. The van der Waals surface area contributed by atoms with Crippen LogP contribution < -0.4 is 15.8 Å². The highest BCUT2D eigenvalue weighted by atomic mass is 16.3. The number of rotatable bonds is 5. The Labute approximate surface area is 184 Å². The molecule has 168 valence electrons. The number of piperidine rings is 2. The van der Waals surface area contributed by atoms with Gasteiger partial charge in [0, 0.05) is 25.2 Å². The summed E-state index contributed by atoms with van der Waals surface area (Å²) >= 11 is 0. The lowest BCUT2D eigenvalue weighted by Gasteiger charge is -2.47. The molecule has 2 saturated heterocycles. The molecule has 1 atom stereocenters. The zero-order chi connectivity index (χ0) is 22.3. The van der Waals surface area contributed by atoms with E-state index in [0.29, 0.717) is 29.3 Å². The maximum Gasteiger partial charge on any atom is 0.249 e. The Hall–Kier alpha value is -3.05. The molecule has 2 aliphatic heterocycles. The third-order valence-electron chi connectivity index (χ3n) is 7.19. The third-order valence-corrected chi connectivity index (χ3v) is 7.19. The van der Waals surface area contributed by atoms with Crippen LogP contribution in [0, 0.1) is 12.3 Å². The molecule has 2 aromatic heterocycles. The number of aliphatic hydroxyl groups excluding tert-OH is 1. The predicted molar refractivity (Wildman–Crippen MR) is 115 cm³/mol. The lowest BCUT2D eigenvalue weighted by molar-refractivity contribution is 0.0436. The van der Waals surface area contributed by atoms with E-state index in [1.165, 1.54) is 11.0 Å². The fourth-order valence-electron chi connectivity index (χ4n) is 5.01. The van der Waals surface area contributed by atoms with Gasteiger partial charge in [-0.25, -0.2) is 4.98 Å². The van der Waals surface area contributed by atoms with Crippen LogP contribution in [0.2, 0.25) is 0 Å². The number of hydrogen-bond acceptors (Lipinski definition) is 10. The molecule has 2 fully saturated rings. The molecule has 0 aliphatic carbocycles. The second-order valence-electron chi connectivity index (χ2n) is 8.99. The van der Waals surface area contributed by atoms with E-state index in [-0.39, 0.29) is 16.3 Å². The predicted octanol–water partition coefficient (Wildman–Crippen LogP) is -0.227. The summed E-state index contributed by atoms with van der Waals surface area (Å²) in [6, 6.07) is 0. The Morgan fingerprint density at radius 1 is 1.03 bits per heavy atom. The van der Waals surface area contributed by atoms with E-state index in [4.69, 9.17) is 0 Å². The van der Waals surface area contributed by atoms with E-state index in [1.54, 1.807) is 19.3 Å². The van der Waals surface area contributed by atoms with Crippen molar-refractivity contribution in [3.8, 4) is 5.82 Å². The van der Waals surface area contributed by atoms with Gasteiger partial charge in [-0.1, -0.05) is 0 Å². The largest absolute Gasteiger partial charge is 0.385 e. The van der Waals surface area contributed by atoms with Crippen molar-refractivity contribution in [3.05, 3.63) is 50.4 Å². The molecule has 2 aliphatic rings. The molecule has 0 saturated carbocycles. The number of hydrogen-bond donors (Lipinski definition) is 1. The molecule has 0 bridgehead atoms. The first-order valence-corrected chi connectivity index (χ1v) is 11.0. The van der Waals surface area contributed by atoms with E-state index < -0.39 is 6.10 Å². The van der Waals surface area contributed by atoms with Crippen LogP contribution >= 0.6 is 0 Å². The summed E-state index contributed by atoms with van der Waals surface area (Å²) < 4.78 is 1.41. The fraction of sp³-hybridized carbons (Fsp3) is 0.571. The van der Waals surface area contributed by atoms with Gasteiger partial charge in [-0.15, -0.1) is 5.10 Å². The summed E-state index contributed by atoms with van der Waals surface area (Å²) in [6.45, 7) is 5.77. The summed E-state index contributed by atoms with van der Waals surface area (Å²) in [5.74, 6) is 0.496. The quantitative estimate of drug-likeness (QED) is 0.533. The van der Waals surface area contributed by atoms with Crippen molar-refractivity contribution in [2.45, 2.75) is 38.7 Å². The summed E-state index contributed by atoms with van der Waals surface area (Å²) in [6.07, 6.45) is 8.05. The molecule has 11 nitrogen and oxygen atoms in total. The first kappa shape index (κ1) is 20.8. The second-order valence-corrected chi connectivity index (χ2v) is 8.99. The van der Waals surface area contributed by atoms with Crippen molar-refractivity contribution in [3.63, 3.8) is 0 Å². The number of aliphatic hydroxyl groups is 1. The van der Waals surface area contributed by atoms with E-state index in [9.17, 15) is 14.7 Å². The van der Waals surface area contributed by atoms with Gasteiger partial charge in [-0.3, -0.25) is 14.6 Å². The van der Waals surface area contributed by atoms with Gasteiger partial charge < -0.3 is 14.9 Å². The number of tetrazole rings is 1. The highest BCUT2D eigenvalue weighted by Gasteiger charge is 2.39. The van der Waals surface area contributed by atoms with Gasteiger partial charge in [0.15, 0.2) is 5.82 Å². The first-order valence-electron chi connectivity index (χ1n) is 11.0. The topological polar surface area (TPSA) is 130 Å². The van der Waals surface area contributed by atoms with Gasteiger partial charge in [0.2, 0.25) is 10.9 Å². The van der Waals surface area contributed by atoms with Crippen molar-refractivity contribution >= 4 is 5.69 Å². The second kappa shape index (κ2) is 8.14. The average molecular weight is 438 g/mol. The minimum Gasteiger partial charge on any atom is -0.385 e. The molecule has 3 aromatic rings. The number of likely N-dealkylation sites (tertiary alicyclic amines) is 1. The van der Waals surface area contributed by atoms with Crippen molar-refractivity contribution < 1.29 is 5.11 Å². The molecule has 1 aromatic carbocycles. The summed E-state index contributed by atoms with van der Waals surface area (Å²) in [5.41, 5.74) is 1.41. The summed E-state index contributed by atoms with van der Waals surface area (Å²) in [4.78, 5) is 36.4. The molecule has 4 heterocycles. The van der Waals surface area contributed by atoms with Crippen LogP contribution in [0.4, 0.5) is 5.69 Å². The Balaban J connectivity index is 1.13. The van der Waals surface area contributed by atoms with Crippen LogP contribution in [-0.2, 0) is 0 Å². The van der Waals surface area contributed by atoms with Gasteiger partial charge >= 0.3 is 0 Å². The molecule has 1 spiro atoms. The van der Waals surface area contributed by atoms with Crippen LogP contribution in [0.25, 0.3) is 5.82 Å². The van der Waals surface area contributed by atoms with Crippen molar-refractivity contribution in [1.82, 2.24) is 35.1 Å². The summed E-state index contributed by atoms with van der Waals surface area (Å²) in [5, 5.41) is 21.6. The smallest absolute Gasteiger partial charge is 0.249 e. The zero-order valence-corrected chi connectivity index (χ0v) is 18.0. The minimum absolute atomic E-state index is 0.288. The Bertz CT molecular complexity index is 1140. The van der Waals surface area contributed by atoms with Crippen LogP contribution in [0.1, 0.15) is 43.0 Å². The standard InChI is InChI=1S/C21H26N8O3/c1-14-18(20(32)19(14)31)28-8-4-21(5-9-28)2-6-27(7-3-21)12-16(30)15-10-23-17(11-22-15)29-13-24-25-26-29/h10-11,13,16,30H,2-9,12H2,1H3/t16-/m0/s1. The van der Waals surface area contributed by atoms with E-state index >= 15 is 0 Å². The third kappa shape index (κ3) is 3.71. The number of β-amino-alcohol motifs (C(OH)–C–C–N with tert-alkyl or cyclic N) is 1. The summed E-state index contributed by atoms with van der Waals surface area (Å²) in [7, 11) is 0. The molecule has 0 radical (unpaired) electrons. The molecule has 0 unspecified atom stereocenters. The number of aromatic nitrogens is 6. The highest BCUT2D eigenvalue weighted by molar-refractivity contribution is 5.58. The molecular weight excluding hydrogens is 412 g/mol. The van der Waals surface area contributed by atoms with Gasteiger partial charge in [-0.05, 0) is 61.5 Å². The number of anilines is 1. The van der Waals surface area contributed by atoms with Crippen molar-refractivity contribution in [2.24, 2.45) is 5.41 Å². The van der Waals surface area contributed by atoms with Crippen molar-refractivity contribution in [2.75, 3.05) is 37.6 Å². The maximum absolute atomic E-state index is 11.9. The SMILES string of the molecule is Cc1c(N2CCC3(CCN(C[C@H](O)c4cnc(-n5cnnn5)cn4)CC3)CC2)c(=O)c1=O. The van der Waals surface area contributed by atoms with Crippen LogP contribution in [0.3, 0.4) is 0 Å². The number of nitrogens with zero attached hydrogens (tertiary/aromatic N) is 8. The Kier molecular flexibility index (Phi) is 5.30. The molecular formula is C21H26N8O3. The monoisotopic (exact) mass is 438 g/mol. The average Bonchev–Trinajstić information content (AvgIpc) is 3.37.